The van der Waals surface area contributed by atoms with Crippen LogP contribution in [0, 0.1) is 0 Å². The number of rotatable bonds is 12. The molecule has 0 unspecified atom stereocenters. The van der Waals surface area contributed by atoms with Gasteiger partial charge >= 0.3 is 0 Å². The summed E-state index contributed by atoms with van der Waals surface area (Å²) in [6.45, 7) is 0. The van der Waals surface area contributed by atoms with Crippen molar-refractivity contribution in [1.29, 1.82) is 0 Å². The molecule has 0 aliphatic carbocycles. The van der Waals surface area contributed by atoms with E-state index in [1.807, 2.05) is 0 Å². The van der Waals surface area contributed by atoms with Crippen molar-refractivity contribution in [3.63, 3.8) is 0 Å². The third-order valence-corrected chi connectivity index (χ3v) is 26.4. The van der Waals surface area contributed by atoms with Gasteiger partial charge in [-0.25, -0.2) is 9.97 Å². The molecule has 6 heteroatoms. The van der Waals surface area contributed by atoms with Gasteiger partial charge in [0.25, 0.3) is 0 Å². The quantitative estimate of drug-likeness (QED) is 0.0903. The van der Waals surface area contributed by atoms with E-state index < -0.39 is 16.1 Å². The van der Waals surface area contributed by atoms with Gasteiger partial charge in [0.05, 0.1) is 27.8 Å². The predicted molar refractivity (Wildman–Crippen MR) is 349 cm³/mol. The van der Waals surface area contributed by atoms with Crippen LogP contribution in [0.25, 0.3) is 77.8 Å². The Morgan fingerprint density at radius 1 is 0.256 bits per heavy atom. The molecule has 15 aromatic rings. The molecule has 0 saturated carbocycles. The SMILES string of the molecule is c1ccc(-c2nc(-c3cccc([Si](c4ccccc4)(c4ccccc4)c4ccccc4)c3)cc(-n3c4ccccc4c4ccc5c(c6ccccc6n5-c5cccc([Si](c6ccccc6)(c6ccccc6)c6ccccc6)c5)c43)n2)cc1. The van der Waals surface area contributed by atoms with E-state index in [-0.39, 0.29) is 0 Å². The summed E-state index contributed by atoms with van der Waals surface area (Å²) in [7, 11) is -5.74. The number of aromatic nitrogens is 4. The molecule has 0 N–H and O–H groups in total. The van der Waals surface area contributed by atoms with Gasteiger partial charge in [0.1, 0.15) is 5.82 Å². The lowest BCUT2D eigenvalue weighted by Crippen LogP contribution is -2.74. The Morgan fingerprint density at radius 3 is 1.17 bits per heavy atom. The summed E-state index contributed by atoms with van der Waals surface area (Å²) in [5, 5.41) is 15.3. The molecule has 4 nitrogen and oxygen atoms in total. The summed E-state index contributed by atoms with van der Waals surface area (Å²) in [6, 6.07) is 121. The molecule has 386 valence electrons. The van der Waals surface area contributed by atoms with Gasteiger partial charge < -0.3 is 4.57 Å². The van der Waals surface area contributed by atoms with Crippen LogP contribution >= 0.6 is 0 Å². The van der Waals surface area contributed by atoms with Crippen molar-refractivity contribution < 1.29 is 0 Å². The number of hydrogen-bond donors (Lipinski definition) is 0. The second-order valence-corrected chi connectivity index (χ2v) is 28.8. The zero-order chi connectivity index (χ0) is 54.5. The summed E-state index contributed by atoms with van der Waals surface area (Å²) in [5.41, 5.74) is 8.38. The summed E-state index contributed by atoms with van der Waals surface area (Å²) in [5.74, 6) is 1.46. The van der Waals surface area contributed by atoms with E-state index in [1.54, 1.807) is 0 Å². The molecule has 82 heavy (non-hydrogen) atoms. The fourth-order valence-corrected chi connectivity index (χ4v) is 22.9. The monoisotopic (exact) mass is 1080 g/mol. The molecule has 0 bridgehead atoms. The number of benzene rings is 12. The van der Waals surface area contributed by atoms with Crippen LogP contribution in [0.1, 0.15) is 0 Å². The van der Waals surface area contributed by atoms with Gasteiger partial charge in [0.2, 0.25) is 0 Å². The van der Waals surface area contributed by atoms with Crippen LogP contribution in [-0.4, -0.2) is 35.2 Å². The molecule has 0 saturated heterocycles. The average molecular weight is 1080 g/mol. The molecule has 0 atom stereocenters. The maximum absolute atomic E-state index is 5.62. The van der Waals surface area contributed by atoms with Gasteiger partial charge in [-0.1, -0.05) is 291 Å². The summed E-state index contributed by atoms with van der Waals surface area (Å²) >= 11 is 0. The minimum Gasteiger partial charge on any atom is -0.309 e. The van der Waals surface area contributed by atoms with E-state index in [4.69, 9.17) is 9.97 Å². The topological polar surface area (TPSA) is 35.6 Å². The second kappa shape index (κ2) is 20.4. The molecule has 0 aliphatic rings. The van der Waals surface area contributed by atoms with Crippen molar-refractivity contribution in [3.8, 4) is 34.2 Å². The lowest BCUT2D eigenvalue weighted by atomic mass is 10.1. The molecule has 3 heterocycles. The van der Waals surface area contributed by atoms with E-state index in [1.165, 1.54) is 52.3 Å². The molecule has 0 radical (unpaired) electrons. The van der Waals surface area contributed by atoms with Crippen molar-refractivity contribution in [1.82, 2.24) is 19.1 Å². The molecule has 0 fully saturated rings. The zero-order valence-electron chi connectivity index (χ0n) is 45.0. The number of hydrogen-bond acceptors (Lipinski definition) is 2. The first-order valence-electron chi connectivity index (χ1n) is 28.1. The van der Waals surface area contributed by atoms with Crippen molar-refractivity contribution in [2.45, 2.75) is 0 Å². The van der Waals surface area contributed by atoms with Crippen LogP contribution < -0.4 is 41.5 Å². The molecular weight excluding hydrogens is 1030 g/mol. The standard InChI is InChI=1S/C76H54N4Si2/c1-8-28-55(29-9-1)76-77-69(56-30-26-44-64(52-56)81(58-32-10-2-11-33-58,59-34-12-3-13-35-59)60-36-14-4-15-37-60)54-73(78-76)80-70-48-24-22-46-66(70)67-50-51-72-74(75(67)80)68-47-23-25-49-71(68)79(72)57-31-27-45-65(53-57)82(61-38-16-5-17-39-61,62-40-18-6-19-41-62)63-42-20-7-21-43-63/h1-54H. The van der Waals surface area contributed by atoms with Crippen molar-refractivity contribution in [3.05, 3.63) is 328 Å². The smallest absolute Gasteiger partial charge is 0.179 e. The molecule has 0 spiro atoms. The zero-order valence-corrected chi connectivity index (χ0v) is 47.0. The third-order valence-electron chi connectivity index (χ3n) is 16.8. The minimum absolute atomic E-state index is 0.663. The lowest BCUT2D eigenvalue weighted by Gasteiger charge is -2.34. The van der Waals surface area contributed by atoms with Crippen LogP contribution in [0.3, 0.4) is 0 Å². The highest BCUT2D eigenvalue weighted by Crippen LogP contribution is 2.42. The molecule has 15 rings (SSSR count). The Hall–Kier alpha value is -10.2. The average Bonchev–Trinajstić information content (AvgIpc) is 3.79. The maximum atomic E-state index is 5.62. The molecule has 0 amide bonds. The highest BCUT2D eigenvalue weighted by molar-refractivity contribution is 7.20. The Bertz CT molecular complexity index is 4590. The molecule has 0 aliphatic heterocycles. The predicted octanol–water partition coefficient (Wildman–Crippen LogP) is 12.8. The van der Waals surface area contributed by atoms with E-state index >= 15 is 0 Å². The number of fused-ring (bicyclic) bond motifs is 7. The first-order valence-corrected chi connectivity index (χ1v) is 32.1. The molecular formula is C76H54N4Si2. The summed E-state index contributed by atoms with van der Waals surface area (Å²) in [4.78, 5) is 11.1. The van der Waals surface area contributed by atoms with Gasteiger partial charge in [-0.05, 0) is 71.8 Å². The van der Waals surface area contributed by atoms with Gasteiger partial charge in [-0.15, -0.1) is 0 Å². The first-order chi connectivity index (χ1) is 40.7. The summed E-state index contributed by atoms with van der Waals surface area (Å²) in [6.07, 6.45) is 0. The highest BCUT2D eigenvalue weighted by atomic mass is 28.3. The lowest BCUT2D eigenvalue weighted by molar-refractivity contribution is 1.05. The molecule has 12 aromatic carbocycles. The minimum atomic E-state index is -2.88. The Balaban J connectivity index is 0.985. The van der Waals surface area contributed by atoms with E-state index in [9.17, 15) is 0 Å². The third kappa shape index (κ3) is 7.86. The van der Waals surface area contributed by atoms with Crippen LogP contribution in [0.2, 0.25) is 0 Å². The number of nitrogens with zero attached hydrogens (tertiary/aromatic N) is 4. The Kier molecular flexibility index (Phi) is 12.2. The van der Waals surface area contributed by atoms with E-state index in [0.29, 0.717) is 5.82 Å². The van der Waals surface area contributed by atoms with E-state index in [0.717, 1.165) is 61.2 Å². The van der Waals surface area contributed by atoms with Crippen LogP contribution in [0.15, 0.2) is 328 Å². The maximum Gasteiger partial charge on any atom is 0.179 e. The van der Waals surface area contributed by atoms with Crippen molar-refractivity contribution >= 4 is 101 Å². The fourth-order valence-electron chi connectivity index (χ4n) is 13.4. The van der Waals surface area contributed by atoms with Gasteiger partial charge in [0.15, 0.2) is 22.0 Å². The van der Waals surface area contributed by atoms with Crippen molar-refractivity contribution in [2.75, 3.05) is 0 Å². The van der Waals surface area contributed by atoms with Crippen LogP contribution in [-0.2, 0) is 0 Å². The second-order valence-electron chi connectivity index (χ2n) is 21.2. The van der Waals surface area contributed by atoms with E-state index in [2.05, 4.69) is 337 Å². The fraction of sp³-hybridized carbons (Fsp3) is 0. The van der Waals surface area contributed by atoms with Crippen LogP contribution in [0.5, 0.6) is 0 Å². The Labute approximate surface area is 479 Å². The largest absolute Gasteiger partial charge is 0.309 e. The molecule has 3 aromatic heterocycles. The highest BCUT2D eigenvalue weighted by Gasteiger charge is 2.43. The van der Waals surface area contributed by atoms with Gasteiger partial charge in [-0.2, -0.15) is 0 Å². The normalized spacial score (nSPS) is 11.9. The van der Waals surface area contributed by atoms with Crippen molar-refractivity contribution in [2.24, 2.45) is 0 Å². The van der Waals surface area contributed by atoms with Crippen LogP contribution in [0.4, 0.5) is 0 Å². The van der Waals surface area contributed by atoms with Gasteiger partial charge in [-0.3, -0.25) is 4.57 Å². The van der Waals surface area contributed by atoms with Gasteiger partial charge in [0, 0.05) is 44.4 Å². The Morgan fingerprint density at radius 2 is 0.659 bits per heavy atom. The number of para-hydroxylation sites is 2. The first kappa shape index (κ1) is 48.8. The summed E-state index contributed by atoms with van der Waals surface area (Å²) < 4.78 is 4.90.